The summed E-state index contributed by atoms with van der Waals surface area (Å²) in [6.07, 6.45) is -0.604. The molecule has 0 spiro atoms. The lowest BCUT2D eigenvalue weighted by atomic mass is 10.1. The molecule has 0 aliphatic heterocycles. The quantitative estimate of drug-likeness (QED) is 0.901. The minimum atomic E-state index is -0.604. The van der Waals surface area contributed by atoms with Crippen molar-refractivity contribution in [3.05, 3.63) is 42.1 Å². The molecule has 0 atom stereocenters. The molecular formula is C13H14N2O3. The van der Waals surface area contributed by atoms with Gasteiger partial charge in [0.2, 0.25) is 5.88 Å². The van der Waals surface area contributed by atoms with E-state index >= 15 is 0 Å². The molecule has 0 radical (unpaired) electrons. The second-order valence-electron chi connectivity index (χ2n) is 4.10. The molecule has 0 aliphatic rings. The van der Waals surface area contributed by atoms with Crippen LogP contribution in [-0.2, 0) is 0 Å². The van der Waals surface area contributed by atoms with Crippen LogP contribution in [0.3, 0.4) is 0 Å². The Labute approximate surface area is 105 Å². The number of hydrogen-bond donors (Lipinski definition) is 1. The zero-order valence-electron chi connectivity index (χ0n) is 10.2. The van der Waals surface area contributed by atoms with Crippen LogP contribution in [0.4, 0.5) is 10.7 Å². The Morgan fingerprint density at radius 1 is 1.33 bits per heavy atom. The Hall–Kier alpha value is -2.30. The van der Waals surface area contributed by atoms with Gasteiger partial charge in [-0.2, -0.15) is 0 Å². The highest BCUT2D eigenvalue weighted by Crippen LogP contribution is 2.18. The summed E-state index contributed by atoms with van der Waals surface area (Å²) in [5, 5.41) is 6.31. The van der Waals surface area contributed by atoms with Gasteiger partial charge in [0.1, 0.15) is 5.75 Å². The molecule has 1 N–H and O–H groups in total. The van der Waals surface area contributed by atoms with Gasteiger partial charge >= 0.3 is 6.09 Å². The Morgan fingerprint density at radius 2 is 2.06 bits per heavy atom. The van der Waals surface area contributed by atoms with Crippen LogP contribution in [0.25, 0.3) is 0 Å². The van der Waals surface area contributed by atoms with Crippen molar-refractivity contribution >= 4 is 12.0 Å². The summed E-state index contributed by atoms with van der Waals surface area (Å²) in [5.41, 5.74) is 0.782. The van der Waals surface area contributed by atoms with Crippen LogP contribution in [0.1, 0.15) is 25.5 Å². The van der Waals surface area contributed by atoms with Crippen LogP contribution in [0, 0.1) is 0 Å². The van der Waals surface area contributed by atoms with Crippen molar-refractivity contribution in [2.24, 2.45) is 0 Å². The van der Waals surface area contributed by atoms with Crippen molar-refractivity contribution < 1.29 is 14.1 Å². The maximum atomic E-state index is 11.5. The first-order valence-corrected chi connectivity index (χ1v) is 5.65. The minimum Gasteiger partial charge on any atom is -0.410 e. The van der Waals surface area contributed by atoms with Crippen LogP contribution >= 0.6 is 0 Å². The lowest BCUT2D eigenvalue weighted by Gasteiger charge is -2.02. The van der Waals surface area contributed by atoms with E-state index in [9.17, 15) is 4.79 Å². The fourth-order valence-electron chi connectivity index (χ4n) is 1.34. The second-order valence-corrected chi connectivity index (χ2v) is 4.10. The van der Waals surface area contributed by atoms with E-state index in [-0.39, 0.29) is 11.8 Å². The standard InChI is InChI=1S/C13H14N2O3/c1-9(2)11-8-12(18-15-11)14-13(16)17-10-6-4-3-5-7-10/h3-9H,1-2H3,(H,14,16). The van der Waals surface area contributed by atoms with Gasteiger partial charge in [-0.15, -0.1) is 0 Å². The molecule has 1 aromatic carbocycles. The third-order valence-electron chi connectivity index (χ3n) is 2.30. The summed E-state index contributed by atoms with van der Waals surface area (Å²) in [5.74, 6) is 0.993. The number of aromatic nitrogens is 1. The lowest BCUT2D eigenvalue weighted by Crippen LogP contribution is -2.16. The summed E-state index contributed by atoms with van der Waals surface area (Å²) in [6.45, 7) is 3.98. The molecule has 5 nitrogen and oxygen atoms in total. The van der Waals surface area contributed by atoms with Crippen LogP contribution < -0.4 is 10.1 Å². The van der Waals surface area contributed by atoms with Gasteiger partial charge in [0.25, 0.3) is 0 Å². The Kier molecular flexibility index (Phi) is 3.62. The average Bonchev–Trinajstić information content (AvgIpc) is 2.78. The highest BCUT2D eigenvalue weighted by molar-refractivity contribution is 5.84. The molecule has 18 heavy (non-hydrogen) atoms. The topological polar surface area (TPSA) is 64.4 Å². The van der Waals surface area contributed by atoms with Gasteiger partial charge in [-0.05, 0) is 18.1 Å². The first-order chi connectivity index (χ1) is 8.65. The van der Waals surface area contributed by atoms with E-state index in [1.165, 1.54) is 0 Å². The third kappa shape index (κ3) is 3.10. The van der Waals surface area contributed by atoms with Gasteiger partial charge in [-0.3, -0.25) is 5.32 Å². The first kappa shape index (κ1) is 12.2. The highest BCUT2D eigenvalue weighted by atomic mass is 16.6. The summed E-state index contributed by atoms with van der Waals surface area (Å²) in [7, 11) is 0. The van der Waals surface area contributed by atoms with Gasteiger partial charge in [-0.25, -0.2) is 4.79 Å². The molecule has 0 saturated heterocycles. The Balaban J connectivity index is 1.95. The molecule has 1 aromatic heterocycles. The summed E-state index contributed by atoms with van der Waals surface area (Å²) < 4.78 is 10.0. The molecule has 0 aliphatic carbocycles. The highest BCUT2D eigenvalue weighted by Gasteiger charge is 2.11. The van der Waals surface area contributed by atoms with E-state index in [4.69, 9.17) is 9.26 Å². The number of anilines is 1. The molecule has 5 heteroatoms. The first-order valence-electron chi connectivity index (χ1n) is 5.65. The smallest absolute Gasteiger partial charge is 0.410 e. The Morgan fingerprint density at radius 3 is 2.67 bits per heavy atom. The van der Waals surface area contributed by atoms with Crippen molar-refractivity contribution in [3.8, 4) is 5.75 Å². The number of nitrogens with zero attached hydrogens (tertiary/aromatic N) is 1. The number of ether oxygens (including phenoxy) is 1. The van der Waals surface area contributed by atoms with Crippen LogP contribution in [-0.4, -0.2) is 11.2 Å². The summed E-state index contributed by atoms with van der Waals surface area (Å²) >= 11 is 0. The molecule has 0 saturated carbocycles. The number of benzene rings is 1. The van der Waals surface area contributed by atoms with Crippen molar-refractivity contribution in [1.82, 2.24) is 5.16 Å². The van der Waals surface area contributed by atoms with Crippen LogP contribution in [0.15, 0.2) is 40.9 Å². The molecule has 0 bridgehead atoms. The zero-order valence-corrected chi connectivity index (χ0v) is 10.2. The van der Waals surface area contributed by atoms with E-state index in [1.54, 1.807) is 30.3 Å². The molecule has 2 rings (SSSR count). The van der Waals surface area contributed by atoms with Crippen LogP contribution in [0.5, 0.6) is 5.75 Å². The monoisotopic (exact) mass is 246 g/mol. The van der Waals surface area contributed by atoms with Gasteiger partial charge in [0.05, 0.1) is 5.69 Å². The number of amides is 1. The number of para-hydroxylation sites is 1. The second kappa shape index (κ2) is 5.35. The molecule has 1 heterocycles. The fourth-order valence-corrected chi connectivity index (χ4v) is 1.34. The molecule has 1 amide bonds. The van der Waals surface area contributed by atoms with Crippen LogP contribution in [0.2, 0.25) is 0 Å². The lowest BCUT2D eigenvalue weighted by molar-refractivity contribution is 0.214. The third-order valence-corrected chi connectivity index (χ3v) is 2.30. The van der Waals surface area contributed by atoms with E-state index in [2.05, 4.69) is 10.5 Å². The SMILES string of the molecule is CC(C)c1cc(NC(=O)Oc2ccccc2)on1. The van der Waals surface area contributed by atoms with Crippen molar-refractivity contribution in [2.75, 3.05) is 5.32 Å². The summed E-state index contributed by atoms with van der Waals surface area (Å²) in [4.78, 5) is 11.5. The van der Waals surface area contributed by atoms with Gasteiger partial charge in [0, 0.05) is 6.07 Å². The molecule has 0 fully saturated rings. The van der Waals surface area contributed by atoms with E-state index in [1.807, 2.05) is 19.9 Å². The normalized spacial score (nSPS) is 10.4. The largest absolute Gasteiger partial charge is 0.419 e. The molecule has 2 aromatic rings. The van der Waals surface area contributed by atoms with E-state index in [0.717, 1.165) is 5.69 Å². The number of carbonyl (C=O) groups excluding carboxylic acids is 1. The maximum Gasteiger partial charge on any atom is 0.419 e. The molecule has 0 unspecified atom stereocenters. The minimum absolute atomic E-state index is 0.245. The average molecular weight is 246 g/mol. The van der Waals surface area contributed by atoms with E-state index < -0.39 is 6.09 Å². The van der Waals surface area contributed by atoms with Crippen molar-refractivity contribution in [2.45, 2.75) is 19.8 Å². The van der Waals surface area contributed by atoms with E-state index in [0.29, 0.717) is 5.75 Å². The maximum absolute atomic E-state index is 11.5. The van der Waals surface area contributed by atoms with Gasteiger partial charge < -0.3 is 9.26 Å². The van der Waals surface area contributed by atoms with Crippen molar-refractivity contribution in [3.63, 3.8) is 0 Å². The van der Waals surface area contributed by atoms with Gasteiger partial charge in [0.15, 0.2) is 0 Å². The number of nitrogens with one attached hydrogen (secondary N) is 1. The Bertz CT molecular complexity index is 520. The van der Waals surface area contributed by atoms with Gasteiger partial charge in [-0.1, -0.05) is 37.2 Å². The summed E-state index contributed by atoms with van der Waals surface area (Å²) in [6, 6.07) is 10.5. The number of rotatable bonds is 3. The fraction of sp³-hybridized carbons (Fsp3) is 0.231. The molecule has 94 valence electrons. The predicted octanol–water partition coefficient (Wildman–Crippen LogP) is 3.41. The number of hydrogen-bond acceptors (Lipinski definition) is 4. The van der Waals surface area contributed by atoms with Crippen molar-refractivity contribution in [1.29, 1.82) is 0 Å². The molecular weight excluding hydrogens is 232 g/mol. The zero-order chi connectivity index (χ0) is 13.0. The predicted molar refractivity (Wildman–Crippen MR) is 66.7 cm³/mol. The number of carbonyl (C=O) groups is 1.